The Morgan fingerprint density at radius 1 is 1.29 bits per heavy atom. The standard InChI is InChI=1S/C15H24ClN/c1-6-15(4,5)14(17-7-2)12-9-8-11(3)13(16)10-12/h8-10,14,17H,6-7H2,1-5H3. The van der Waals surface area contributed by atoms with Gasteiger partial charge in [-0.05, 0) is 42.5 Å². The fourth-order valence-corrected chi connectivity index (χ4v) is 2.23. The highest BCUT2D eigenvalue weighted by Crippen LogP contribution is 2.37. The minimum Gasteiger partial charge on any atom is -0.310 e. The predicted molar refractivity (Wildman–Crippen MR) is 76.7 cm³/mol. The zero-order valence-electron chi connectivity index (χ0n) is 11.6. The normalized spacial score (nSPS) is 13.8. The lowest BCUT2D eigenvalue weighted by Gasteiger charge is -2.34. The van der Waals surface area contributed by atoms with E-state index >= 15 is 0 Å². The second kappa shape index (κ2) is 5.88. The highest BCUT2D eigenvalue weighted by atomic mass is 35.5. The molecule has 0 saturated carbocycles. The first kappa shape index (κ1) is 14.5. The van der Waals surface area contributed by atoms with Gasteiger partial charge in [0.05, 0.1) is 0 Å². The van der Waals surface area contributed by atoms with Gasteiger partial charge in [0, 0.05) is 11.1 Å². The molecule has 1 aromatic carbocycles. The molecular formula is C15H24ClN. The molecule has 2 heteroatoms. The van der Waals surface area contributed by atoms with Gasteiger partial charge in [0.15, 0.2) is 0 Å². The highest BCUT2D eigenvalue weighted by molar-refractivity contribution is 6.31. The second-order valence-electron chi connectivity index (χ2n) is 5.34. The lowest BCUT2D eigenvalue weighted by molar-refractivity contribution is 0.237. The predicted octanol–water partition coefficient (Wildman–Crippen LogP) is 4.74. The van der Waals surface area contributed by atoms with Crippen molar-refractivity contribution in [3.05, 3.63) is 34.3 Å². The maximum atomic E-state index is 6.22. The molecule has 1 aromatic rings. The highest BCUT2D eigenvalue weighted by Gasteiger charge is 2.28. The molecule has 1 unspecified atom stereocenters. The van der Waals surface area contributed by atoms with E-state index in [4.69, 9.17) is 11.6 Å². The van der Waals surface area contributed by atoms with Crippen LogP contribution in [-0.4, -0.2) is 6.54 Å². The summed E-state index contributed by atoms with van der Waals surface area (Å²) in [6.45, 7) is 12.0. The van der Waals surface area contributed by atoms with Crippen LogP contribution in [0.1, 0.15) is 51.3 Å². The van der Waals surface area contributed by atoms with E-state index in [0.29, 0.717) is 6.04 Å². The molecule has 17 heavy (non-hydrogen) atoms. The van der Waals surface area contributed by atoms with E-state index in [1.54, 1.807) is 0 Å². The molecule has 1 rings (SSSR count). The molecule has 1 N–H and O–H groups in total. The van der Waals surface area contributed by atoms with Gasteiger partial charge in [-0.1, -0.05) is 51.4 Å². The second-order valence-corrected chi connectivity index (χ2v) is 5.75. The van der Waals surface area contributed by atoms with E-state index in [2.05, 4.69) is 51.2 Å². The quantitative estimate of drug-likeness (QED) is 0.800. The Hall–Kier alpha value is -0.530. The molecule has 0 aromatic heterocycles. The Bertz CT molecular complexity index is 371. The fraction of sp³-hybridized carbons (Fsp3) is 0.600. The summed E-state index contributed by atoms with van der Waals surface area (Å²) < 4.78 is 0. The Labute approximate surface area is 111 Å². The summed E-state index contributed by atoms with van der Waals surface area (Å²) in [6, 6.07) is 6.75. The van der Waals surface area contributed by atoms with E-state index < -0.39 is 0 Å². The van der Waals surface area contributed by atoms with Crippen LogP contribution in [0, 0.1) is 12.3 Å². The summed E-state index contributed by atoms with van der Waals surface area (Å²) in [6.07, 6.45) is 1.14. The average molecular weight is 254 g/mol. The van der Waals surface area contributed by atoms with Crippen molar-refractivity contribution in [3.8, 4) is 0 Å². The molecule has 0 fully saturated rings. The maximum Gasteiger partial charge on any atom is 0.0438 e. The van der Waals surface area contributed by atoms with Crippen molar-refractivity contribution in [2.75, 3.05) is 6.54 Å². The molecule has 0 aliphatic heterocycles. The molecule has 0 saturated heterocycles. The molecule has 0 amide bonds. The molecule has 0 radical (unpaired) electrons. The Balaban J connectivity index is 3.09. The van der Waals surface area contributed by atoms with Crippen molar-refractivity contribution in [2.24, 2.45) is 5.41 Å². The van der Waals surface area contributed by atoms with E-state index in [1.807, 2.05) is 6.92 Å². The van der Waals surface area contributed by atoms with Crippen molar-refractivity contribution in [1.82, 2.24) is 5.32 Å². The minimum atomic E-state index is 0.231. The number of rotatable bonds is 5. The molecule has 0 bridgehead atoms. The van der Waals surface area contributed by atoms with Crippen molar-refractivity contribution in [1.29, 1.82) is 0 Å². The van der Waals surface area contributed by atoms with Gasteiger partial charge in [-0.15, -0.1) is 0 Å². The van der Waals surface area contributed by atoms with E-state index in [-0.39, 0.29) is 5.41 Å². The molecule has 0 heterocycles. The Morgan fingerprint density at radius 2 is 1.94 bits per heavy atom. The third kappa shape index (κ3) is 3.46. The first-order valence-corrected chi connectivity index (χ1v) is 6.79. The van der Waals surface area contributed by atoms with Gasteiger partial charge in [-0.2, -0.15) is 0 Å². The van der Waals surface area contributed by atoms with Crippen molar-refractivity contribution < 1.29 is 0 Å². The van der Waals surface area contributed by atoms with Crippen LogP contribution in [0.3, 0.4) is 0 Å². The minimum absolute atomic E-state index is 0.231. The van der Waals surface area contributed by atoms with Gasteiger partial charge in [0.2, 0.25) is 0 Å². The Morgan fingerprint density at radius 3 is 2.41 bits per heavy atom. The number of nitrogens with one attached hydrogen (secondary N) is 1. The molecule has 1 atom stereocenters. The van der Waals surface area contributed by atoms with Crippen LogP contribution in [-0.2, 0) is 0 Å². The van der Waals surface area contributed by atoms with Gasteiger partial charge >= 0.3 is 0 Å². The Kier molecular flexibility index (Phi) is 5.03. The molecule has 0 spiro atoms. The zero-order valence-corrected chi connectivity index (χ0v) is 12.4. The van der Waals surface area contributed by atoms with Gasteiger partial charge in [0.25, 0.3) is 0 Å². The van der Waals surface area contributed by atoms with Crippen LogP contribution in [0.15, 0.2) is 18.2 Å². The SMILES string of the molecule is CCNC(c1ccc(C)c(Cl)c1)C(C)(C)CC. The summed E-state index contributed by atoms with van der Waals surface area (Å²) in [7, 11) is 0. The summed E-state index contributed by atoms with van der Waals surface area (Å²) in [5, 5.41) is 4.44. The third-order valence-electron chi connectivity index (χ3n) is 3.63. The van der Waals surface area contributed by atoms with Crippen LogP contribution in [0.25, 0.3) is 0 Å². The first-order chi connectivity index (χ1) is 7.92. The van der Waals surface area contributed by atoms with Gasteiger partial charge in [-0.3, -0.25) is 0 Å². The van der Waals surface area contributed by atoms with Crippen molar-refractivity contribution in [2.45, 2.75) is 47.1 Å². The van der Waals surface area contributed by atoms with Gasteiger partial charge in [-0.25, -0.2) is 0 Å². The first-order valence-electron chi connectivity index (χ1n) is 6.41. The fourth-order valence-electron chi connectivity index (χ4n) is 2.04. The van der Waals surface area contributed by atoms with Crippen molar-refractivity contribution >= 4 is 11.6 Å². The van der Waals surface area contributed by atoms with Crippen LogP contribution in [0.4, 0.5) is 0 Å². The summed E-state index contributed by atoms with van der Waals surface area (Å²) in [5.74, 6) is 0. The van der Waals surface area contributed by atoms with Crippen molar-refractivity contribution in [3.63, 3.8) is 0 Å². The van der Waals surface area contributed by atoms with E-state index in [9.17, 15) is 0 Å². The van der Waals surface area contributed by atoms with Crippen LogP contribution >= 0.6 is 11.6 Å². The maximum absolute atomic E-state index is 6.22. The smallest absolute Gasteiger partial charge is 0.0438 e. The number of benzene rings is 1. The summed E-state index contributed by atoms with van der Waals surface area (Å²) in [4.78, 5) is 0. The molecule has 0 aliphatic carbocycles. The van der Waals surface area contributed by atoms with Crippen LogP contribution < -0.4 is 5.32 Å². The van der Waals surface area contributed by atoms with Crippen LogP contribution in [0.5, 0.6) is 0 Å². The zero-order chi connectivity index (χ0) is 13.1. The summed E-state index contributed by atoms with van der Waals surface area (Å²) >= 11 is 6.22. The molecule has 96 valence electrons. The summed E-state index contributed by atoms with van der Waals surface area (Å²) in [5.41, 5.74) is 2.66. The largest absolute Gasteiger partial charge is 0.310 e. The number of hydrogen-bond acceptors (Lipinski definition) is 1. The van der Waals surface area contributed by atoms with Gasteiger partial charge in [0.1, 0.15) is 0 Å². The van der Waals surface area contributed by atoms with Gasteiger partial charge < -0.3 is 5.32 Å². The third-order valence-corrected chi connectivity index (χ3v) is 4.04. The molecule has 0 aliphatic rings. The van der Waals surface area contributed by atoms with E-state index in [1.165, 1.54) is 5.56 Å². The van der Waals surface area contributed by atoms with E-state index in [0.717, 1.165) is 23.6 Å². The topological polar surface area (TPSA) is 12.0 Å². The monoisotopic (exact) mass is 253 g/mol. The number of hydrogen-bond donors (Lipinski definition) is 1. The molecular weight excluding hydrogens is 230 g/mol. The molecule has 1 nitrogen and oxygen atoms in total. The average Bonchev–Trinajstić information content (AvgIpc) is 2.29. The number of halogens is 1. The lowest BCUT2D eigenvalue weighted by atomic mass is 9.78. The lowest BCUT2D eigenvalue weighted by Crippen LogP contribution is -2.33. The number of aryl methyl sites for hydroxylation is 1. The van der Waals surface area contributed by atoms with Crippen LogP contribution in [0.2, 0.25) is 5.02 Å².